The van der Waals surface area contributed by atoms with Crippen LogP contribution in [0, 0.1) is 18.8 Å². The van der Waals surface area contributed by atoms with Gasteiger partial charge in [0.1, 0.15) is 23.4 Å². The third kappa shape index (κ3) is 14.0. The standard InChI is InChI=1S/C58H62N2O14S/c1-33(2)51(63)71-36(6)21-23-69-55(67)45-19-17-43(26-47(45)49(61)59-8)75-44-18-20-46(56(68)70-24-22-37(7)72-52(64)34(3)4)48(27-44)50(62)60-42-15-13-41(14-16-42)54(66)74-58-30-38-25-39(31-58)29-57(28-38,32-58)73-53(65)40-11-9-35(5)10-12-40/h9-20,26-27,36-39H,1,3,21-25,28-32H2,2,4-8H3,(H,59,61)(H,60,62). The van der Waals surface area contributed by atoms with Crippen molar-refractivity contribution in [3.05, 3.63) is 148 Å². The fourth-order valence-corrected chi connectivity index (χ4v) is 11.0. The zero-order valence-corrected chi connectivity index (χ0v) is 43.8. The quantitative estimate of drug-likeness (QED) is 0.0451. The van der Waals surface area contributed by atoms with Gasteiger partial charge >= 0.3 is 35.8 Å². The van der Waals surface area contributed by atoms with Crippen LogP contribution in [0.3, 0.4) is 0 Å². The van der Waals surface area contributed by atoms with E-state index in [2.05, 4.69) is 23.8 Å². The van der Waals surface area contributed by atoms with Crippen LogP contribution in [-0.2, 0) is 38.0 Å². The van der Waals surface area contributed by atoms with Crippen molar-refractivity contribution in [1.82, 2.24) is 5.32 Å². The molecule has 0 aliphatic heterocycles. The van der Waals surface area contributed by atoms with Gasteiger partial charge in [-0.25, -0.2) is 28.8 Å². The van der Waals surface area contributed by atoms with Gasteiger partial charge in [0, 0.05) is 52.9 Å². The van der Waals surface area contributed by atoms with E-state index in [1.165, 1.54) is 45.2 Å². The van der Waals surface area contributed by atoms with E-state index in [0.717, 1.165) is 36.6 Å². The van der Waals surface area contributed by atoms with E-state index in [1.54, 1.807) is 62.4 Å². The smallest absolute Gasteiger partial charge is 0.338 e. The third-order valence-electron chi connectivity index (χ3n) is 13.4. The maximum Gasteiger partial charge on any atom is 0.338 e. The maximum atomic E-state index is 14.2. The Morgan fingerprint density at radius 1 is 0.600 bits per heavy atom. The Bertz CT molecular complexity index is 2900. The van der Waals surface area contributed by atoms with Crippen molar-refractivity contribution in [2.75, 3.05) is 25.6 Å². The molecule has 4 fully saturated rings. The highest BCUT2D eigenvalue weighted by Gasteiger charge is 2.61. The SMILES string of the molecule is C=C(C)C(=O)OC(C)CCOC(=O)c1ccc(Sc2ccc(C(=O)OCCC(C)OC(=O)C(=C)C)c(C(=O)Nc3ccc(C(=O)OC45CC6CC(CC(OC(=O)c7ccc(C)cc7)(C6)C4)C5)cc3)c2)cc1C(=O)NC. The van der Waals surface area contributed by atoms with Gasteiger partial charge in [-0.05, 0) is 151 Å². The first-order valence-electron chi connectivity index (χ1n) is 24.8. The Hall–Kier alpha value is -7.53. The number of anilines is 1. The van der Waals surface area contributed by atoms with Crippen LogP contribution < -0.4 is 10.6 Å². The molecule has 75 heavy (non-hydrogen) atoms. The van der Waals surface area contributed by atoms with Crippen molar-refractivity contribution in [3.8, 4) is 0 Å². The molecule has 4 aliphatic carbocycles. The lowest BCUT2D eigenvalue weighted by molar-refractivity contribution is -0.200. The Morgan fingerprint density at radius 2 is 1.03 bits per heavy atom. The lowest BCUT2D eigenvalue weighted by Gasteiger charge is -2.60. The van der Waals surface area contributed by atoms with Gasteiger partial charge < -0.3 is 39.1 Å². The molecule has 0 radical (unpaired) electrons. The minimum absolute atomic E-state index is 0.00978. The Morgan fingerprint density at radius 3 is 1.45 bits per heavy atom. The molecule has 8 rings (SSSR count). The number of carbonyl (C=O) groups is 8. The van der Waals surface area contributed by atoms with Crippen LogP contribution in [-0.4, -0.2) is 91.3 Å². The van der Waals surface area contributed by atoms with Gasteiger partial charge in [0.2, 0.25) is 0 Å². The summed E-state index contributed by atoms with van der Waals surface area (Å²) in [5.41, 5.74) is 0.893. The number of amides is 2. The highest BCUT2D eigenvalue weighted by Crippen LogP contribution is 2.60. The molecule has 0 aromatic heterocycles. The number of carbonyl (C=O) groups excluding carboxylic acids is 8. The van der Waals surface area contributed by atoms with Crippen LogP contribution in [0.5, 0.6) is 0 Å². The molecule has 2 amide bonds. The minimum Gasteiger partial charge on any atom is -0.462 e. The lowest BCUT2D eigenvalue weighted by Crippen LogP contribution is -2.61. The lowest BCUT2D eigenvalue weighted by atomic mass is 9.52. The predicted molar refractivity (Wildman–Crippen MR) is 277 cm³/mol. The number of benzene rings is 4. The number of aryl methyl sites for hydroxylation is 1. The van der Waals surface area contributed by atoms with Crippen LogP contribution >= 0.6 is 11.8 Å². The third-order valence-corrected chi connectivity index (χ3v) is 14.4. The average molecular weight is 1040 g/mol. The molecule has 4 aliphatic rings. The molecule has 4 bridgehead atoms. The highest BCUT2D eigenvalue weighted by atomic mass is 32.2. The molecular formula is C58H62N2O14S. The van der Waals surface area contributed by atoms with Crippen LogP contribution in [0.25, 0.3) is 0 Å². The topological polar surface area (TPSA) is 216 Å². The summed E-state index contributed by atoms with van der Waals surface area (Å²) in [5.74, 6) is -4.40. The maximum absolute atomic E-state index is 14.2. The first kappa shape index (κ1) is 55.2. The Labute approximate surface area is 440 Å². The number of hydrogen-bond donors (Lipinski definition) is 2. The predicted octanol–water partition coefficient (Wildman–Crippen LogP) is 9.97. The van der Waals surface area contributed by atoms with Crippen molar-refractivity contribution < 1.29 is 66.8 Å². The zero-order valence-electron chi connectivity index (χ0n) is 43.0. The number of rotatable bonds is 21. The van der Waals surface area contributed by atoms with Crippen LogP contribution in [0.4, 0.5) is 5.69 Å². The van der Waals surface area contributed by atoms with Gasteiger partial charge in [0.25, 0.3) is 11.8 Å². The van der Waals surface area contributed by atoms with Crippen LogP contribution in [0.2, 0.25) is 0 Å². The summed E-state index contributed by atoms with van der Waals surface area (Å²) in [6, 6.07) is 22.5. The van der Waals surface area contributed by atoms with E-state index in [-0.39, 0.29) is 82.8 Å². The highest BCUT2D eigenvalue weighted by molar-refractivity contribution is 7.99. The average Bonchev–Trinajstić information content (AvgIpc) is 3.35. The summed E-state index contributed by atoms with van der Waals surface area (Å²) in [5, 5.41) is 5.35. The molecule has 4 aromatic carbocycles. The second-order valence-electron chi connectivity index (χ2n) is 19.9. The van der Waals surface area contributed by atoms with E-state index in [0.29, 0.717) is 40.3 Å². The Balaban J connectivity index is 1.05. The molecule has 0 saturated heterocycles. The number of esters is 6. The normalized spacial score (nSPS) is 19.8. The van der Waals surface area contributed by atoms with Crippen molar-refractivity contribution in [1.29, 1.82) is 0 Å². The number of nitrogens with one attached hydrogen (secondary N) is 2. The molecular weight excluding hydrogens is 981 g/mol. The molecule has 4 aromatic rings. The summed E-state index contributed by atoms with van der Waals surface area (Å²) in [4.78, 5) is 106. The van der Waals surface area contributed by atoms with E-state index in [4.69, 9.17) is 28.4 Å². The summed E-state index contributed by atoms with van der Waals surface area (Å²) in [6.07, 6.45) is 3.45. The number of ether oxygens (including phenoxy) is 6. The van der Waals surface area contributed by atoms with E-state index in [9.17, 15) is 38.4 Å². The first-order chi connectivity index (χ1) is 35.6. The second-order valence-corrected chi connectivity index (χ2v) is 21.1. The molecule has 394 valence electrons. The van der Waals surface area contributed by atoms with Gasteiger partial charge in [-0.15, -0.1) is 0 Å². The molecule has 0 heterocycles. The van der Waals surface area contributed by atoms with Crippen molar-refractivity contribution in [2.24, 2.45) is 11.8 Å². The molecule has 17 heteroatoms. The summed E-state index contributed by atoms with van der Waals surface area (Å²) in [7, 11) is 1.42. The van der Waals surface area contributed by atoms with Crippen LogP contribution in [0.15, 0.2) is 119 Å². The van der Waals surface area contributed by atoms with Gasteiger partial charge in [-0.1, -0.05) is 42.6 Å². The van der Waals surface area contributed by atoms with Gasteiger partial charge in [0.15, 0.2) is 0 Å². The molecule has 4 unspecified atom stereocenters. The summed E-state index contributed by atoms with van der Waals surface area (Å²) < 4.78 is 34.2. The van der Waals surface area contributed by atoms with E-state index >= 15 is 0 Å². The molecule has 16 nitrogen and oxygen atoms in total. The molecule has 4 atom stereocenters. The van der Waals surface area contributed by atoms with Crippen molar-refractivity contribution in [3.63, 3.8) is 0 Å². The Kier molecular flexibility index (Phi) is 17.5. The summed E-state index contributed by atoms with van der Waals surface area (Å²) >= 11 is 1.15. The first-order valence-corrected chi connectivity index (χ1v) is 25.7. The molecule has 2 N–H and O–H groups in total. The van der Waals surface area contributed by atoms with Gasteiger partial charge in [-0.3, -0.25) is 9.59 Å². The van der Waals surface area contributed by atoms with Gasteiger partial charge in [0.05, 0.1) is 46.6 Å². The fourth-order valence-electron chi connectivity index (χ4n) is 10.1. The van der Waals surface area contributed by atoms with Crippen molar-refractivity contribution in [2.45, 2.75) is 119 Å². The largest absolute Gasteiger partial charge is 0.462 e. The monoisotopic (exact) mass is 1040 g/mol. The second kappa shape index (κ2) is 23.8. The minimum atomic E-state index is -0.822. The van der Waals surface area contributed by atoms with Crippen molar-refractivity contribution >= 4 is 65.1 Å². The molecule has 0 spiro atoms. The summed E-state index contributed by atoms with van der Waals surface area (Å²) in [6.45, 7) is 15.2. The van der Waals surface area contributed by atoms with Crippen LogP contribution in [0.1, 0.15) is 147 Å². The fraction of sp³-hybridized carbons (Fsp3) is 0.379. The zero-order chi connectivity index (χ0) is 54.2. The van der Waals surface area contributed by atoms with E-state index < -0.39 is 65.1 Å². The van der Waals surface area contributed by atoms with Gasteiger partial charge in [-0.2, -0.15) is 0 Å². The number of hydrogen-bond acceptors (Lipinski definition) is 15. The van der Waals surface area contributed by atoms with E-state index in [1.807, 2.05) is 19.1 Å². The molecule has 4 saturated carbocycles.